The minimum atomic E-state index is -4.21. The van der Waals surface area contributed by atoms with E-state index < -0.39 is 28.5 Å². The summed E-state index contributed by atoms with van der Waals surface area (Å²) in [5.41, 5.74) is 2.25. The summed E-state index contributed by atoms with van der Waals surface area (Å²) in [6, 6.07) is 15.4. The topological polar surface area (TPSA) is 86.8 Å². The van der Waals surface area contributed by atoms with Gasteiger partial charge < -0.3 is 10.2 Å². The largest absolute Gasteiger partial charge is 0.352 e. The van der Waals surface area contributed by atoms with Crippen molar-refractivity contribution in [3.05, 3.63) is 92.4 Å². The minimum Gasteiger partial charge on any atom is -0.352 e. The standard InChI is InChI=1S/C33H38Cl3N3O4S/c1-4-30(33(41)37-25-9-6-5-7-10-25)38(20-27-28(35)11-8-12-29(27)36)32(40)21-39(31-18-15-24(34)19-23(31)3)44(42,43)26-16-13-22(2)14-17-26/h8,11-19,25,30H,4-7,9-10,20-21H2,1-3H3,(H,37,41)/t30-/m1/s1. The molecule has 44 heavy (non-hydrogen) atoms. The minimum absolute atomic E-state index is 0.0290. The molecule has 1 atom stereocenters. The molecule has 0 saturated heterocycles. The highest BCUT2D eigenvalue weighted by Gasteiger charge is 2.35. The zero-order valence-electron chi connectivity index (χ0n) is 25.2. The van der Waals surface area contributed by atoms with Crippen LogP contribution >= 0.6 is 34.8 Å². The Morgan fingerprint density at radius 2 is 1.57 bits per heavy atom. The molecule has 0 bridgehead atoms. The Balaban J connectivity index is 1.76. The van der Waals surface area contributed by atoms with Crippen LogP contribution in [0.2, 0.25) is 15.1 Å². The van der Waals surface area contributed by atoms with Crippen LogP contribution in [0.4, 0.5) is 5.69 Å². The fourth-order valence-electron chi connectivity index (χ4n) is 5.57. The highest BCUT2D eigenvalue weighted by atomic mass is 35.5. The van der Waals surface area contributed by atoms with Gasteiger partial charge in [0.2, 0.25) is 11.8 Å². The molecule has 11 heteroatoms. The fraction of sp³-hybridized carbons (Fsp3) is 0.394. The summed E-state index contributed by atoms with van der Waals surface area (Å²) in [6.45, 7) is 4.78. The number of benzene rings is 3. The molecule has 3 aromatic rings. The van der Waals surface area contributed by atoms with E-state index >= 15 is 0 Å². The van der Waals surface area contributed by atoms with Crippen molar-refractivity contribution in [3.63, 3.8) is 0 Å². The number of amides is 2. The Labute approximate surface area is 275 Å². The van der Waals surface area contributed by atoms with Crippen molar-refractivity contribution in [2.75, 3.05) is 10.8 Å². The number of nitrogens with one attached hydrogen (secondary N) is 1. The second-order valence-corrected chi connectivity index (χ2v) is 14.4. The Bertz CT molecular complexity index is 1570. The van der Waals surface area contributed by atoms with Gasteiger partial charge in [-0.15, -0.1) is 0 Å². The van der Waals surface area contributed by atoms with Crippen molar-refractivity contribution in [1.82, 2.24) is 10.2 Å². The molecule has 2 amide bonds. The molecule has 7 nitrogen and oxygen atoms in total. The van der Waals surface area contributed by atoms with Crippen LogP contribution < -0.4 is 9.62 Å². The number of hydrogen-bond donors (Lipinski definition) is 1. The predicted octanol–water partition coefficient (Wildman–Crippen LogP) is 7.72. The number of sulfonamides is 1. The second kappa shape index (κ2) is 15.0. The first-order valence-electron chi connectivity index (χ1n) is 14.8. The average Bonchev–Trinajstić information content (AvgIpc) is 2.98. The van der Waals surface area contributed by atoms with Crippen molar-refractivity contribution >= 4 is 62.3 Å². The molecular weight excluding hydrogens is 641 g/mol. The second-order valence-electron chi connectivity index (χ2n) is 11.2. The van der Waals surface area contributed by atoms with Crippen molar-refractivity contribution in [2.45, 2.75) is 82.8 Å². The quantitative estimate of drug-likeness (QED) is 0.225. The van der Waals surface area contributed by atoms with Gasteiger partial charge in [-0.3, -0.25) is 13.9 Å². The highest BCUT2D eigenvalue weighted by molar-refractivity contribution is 7.92. The zero-order chi connectivity index (χ0) is 32.0. The monoisotopic (exact) mass is 677 g/mol. The maximum atomic E-state index is 14.4. The van der Waals surface area contributed by atoms with Gasteiger partial charge in [-0.1, -0.05) is 84.8 Å². The van der Waals surface area contributed by atoms with Crippen LogP contribution in [-0.4, -0.2) is 43.8 Å². The first-order valence-corrected chi connectivity index (χ1v) is 17.4. The number of nitrogens with zero attached hydrogens (tertiary/aromatic N) is 2. The summed E-state index contributed by atoms with van der Waals surface area (Å²) in [7, 11) is -4.21. The van der Waals surface area contributed by atoms with E-state index in [1.807, 2.05) is 13.8 Å². The molecule has 1 fully saturated rings. The summed E-state index contributed by atoms with van der Waals surface area (Å²) in [4.78, 5) is 29.5. The smallest absolute Gasteiger partial charge is 0.264 e. The molecule has 0 radical (unpaired) electrons. The lowest BCUT2D eigenvalue weighted by Crippen LogP contribution is -2.54. The fourth-order valence-corrected chi connectivity index (χ4v) is 7.79. The molecule has 0 aliphatic heterocycles. The summed E-state index contributed by atoms with van der Waals surface area (Å²) in [6.07, 6.45) is 5.26. The average molecular weight is 679 g/mol. The lowest BCUT2D eigenvalue weighted by atomic mass is 9.95. The molecule has 1 N–H and O–H groups in total. The Hall–Kier alpha value is -2.78. The Morgan fingerprint density at radius 1 is 0.932 bits per heavy atom. The van der Waals surface area contributed by atoms with Crippen LogP contribution in [0.1, 0.15) is 62.1 Å². The molecule has 1 aliphatic rings. The number of carbonyl (C=O) groups excluding carboxylic acids is 2. The van der Waals surface area contributed by atoms with Gasteiger partial charge in [-0.05, 0) is 81.1 Å². The summed E-state index contributed by atoms with van der Waals surface area (Å²) in [5.74, 6) is -0.858. The van der Waals surface area contributed by atoms with Gasteiger partial charge in [0.05, 0.1) is 10.6 Å². The van der Waals surface area contributed by atoms with Gasteiger partial charge >= 0.3 is 0 Å². The van der Waals surface area contributed by atoms with Gasteiger partial charge in [-0.2, -0.15) is 0 Å². The highest BCUT2D eigenvalue weighted by Crippen LogP contribution is 2.31. The molecule has 1 saturated carbocycles. The third-order valence-electron chi connectivity index (χ3n) is 8.04. The molecule has 236 valence electrons. The lowest BCUT2D eigenvalue weighted by Gasteiger charge is -2.35. The van der Waals surface area contributed by atoms with E-state index in [-0.39, 0.29) is 23.4 Å². The third kappa shape index (κ3) is 8.08. The van der Waals surface area contributed by atoms with Gasteiger partial charge in [0.25, 0.3) is 10.0 Å². The SMILES string of the molecule is CC[C@H](C(=O)NC1CCCCC1)N(Cc1c(Cl)cccc1Cl)C(=O)CN(c1ccc(Cl)cc1C)S(=O)(=O)c1ccc(C)cc1. The van der Waals surface area contributed by atoms with Gasteiger partial charge in [-0.25, -0.2) is 8.42 Å². The molecule has 0 heterocycles. The van der Waals surface area contributed by atoms with Crippen LogP contribution in [0.25, 0.3) is 0 Å². The van der Waals surface area contributed by atoms with Gasteiger partial charge in [0.15, 0.2) is 0 Å². The summed E-state index contributed by atoms with van der Waals surface area (Å²) >= 11 is 19.3. The number of halogens is 3. The lowest BCUT2D eigenvalue weighted by molar-refractivity contribution is -0.140. The number of anilines is 1. The Kier molecular flexibility index (Phi) is 11.6. The molecule has 3 aromatic carbocycles. The van der Waals surface area contributed by atoms with Crippen LogP contribution in [-0.2, 0) is 26.2 Å². The number of carbonyl (C=O) groups is 2. The maximum Gasteiger partial charge on any atom is 0.264 e. The van der Waals surface area contributed by atoms with E-state index in [0.717, 1.165) is 42.0 Å². The Morgan fingerprint density at radius 3 is 2.16 bits per heavy atom. The van der Waals surface area contributed by atoms with Crippen molar-refractivity contribution in [3.8, 4) is 0 Å². The first kappa shape index (κ1) is 34.1. The number of aryl methyl sites for hydroxylation is 2. The van der Waals surface area contributed by atoms with Crippen LogP contribution in [0.3, 0.4) is 0 Å². The molecule has 0 spiro atoms. The molecule has 0 aromatic heterocycles. The molecule has 1 aliphatic carbocycles. The van der Waals surface area contributed by atoms with Crippen LogP contribution in [0.5, 0.6) is 0 Å². The van der Waals surface area contributed by atoms with Crippen LogP contribution in [0.15, 0.2) is 65.6 Å². The third-order valence-corrected chi connectivity index (χ3v) is 10.8. The zero-order valence-corrected chi connectivity index (χ0v) is 28.2. The normalized spacial score (nSPS) is 14.6. The molecule has 4 rings (SSSR count). The number of hydrogen-bond acceptors (Lipinski definition) is 4. The van der Waals surface area contributed by atoms with Gasteiger partial charge in [0, 0.05) is 33.2 Å². The number of rotatable bonds is 11. The van der Waals surface area contributed by atoms with Gasteiger partial charge in [0.1, 0.15) is 12.6 Å². The summed E-state index contributed by atoms with van der Waals surface area (Å²) < 4.78 is 29.4. The van der Waals surface area contributed by atoms with E-state index in [1.165, 1.54) is 17.0 Å². The van der Waals surface area contributed by atoms with E-state index in [0.29, 0.717) is 38.3 Å². The maximum absolute atomic E-state index is 14.4. The van der Waals surface area contributed by atoms with Crippen molar-refractivity contribution in [1.29, 1.82) is 0 Å². The van der Waals surface area contributed by atoms with Crippen LogP contribution in [0, 0.1) is 13.8 Å². The molecule has 0 unspecified atom stereocenters. The van der Waals surface area contributed by atoms with E-state index in [1.54, 1.807) is 55.5 Å². The van der Waals surface area contributed by atoms with E-state index in [2.05, 4.69) is 5.32 Å². The first-order chi connectivity index (χ1) is 20.9. The van der Waals surface area contributed by atoms with E-state index in [9.17, 15) is 18.0 Å². The van der Waals surface area contributed by atoms with Crippen molar-refractivity contribution in [2.24, 2.45) is 0 Å². The van der Waals surface area contributed by atoms with Crippen molar-refractivity contribution < 1.29 is 18.0 Å². The molecular formula is C33H38Cl3N3O4S. The van der Waals surface area contributed by atoms with E-state index in [4.69, 9.17) is 34.8 Å². The predicted molar refractivity (Wildman–Crippen MR) is 178 cm³/mol. The summed E-state index contributed by atoms with van der Waals surface area (Å²) in [5, 5.41) is 4.26.